The van der Waals surface area contributed by atoms with Crippen molar-refractivity contribution >= 4 is 40.4 Å². The number of hydrogen-bond donors (Lipinski definition) is 0. The standard InChI is InChI=1S/C24H14F2N2O2S/c25-24(26)31-15-11-8-14(9-12-15)10-13-20(29)28-19-7-3-6-18-21(19)22(27-28)16-4-1-2-5-17(16)23(18)30/h1-13,24H. The van der Waals surface area contributed by atoms with Gasteiger partial charge in [0.2, 0.25) is 0 Å². The second kappa shape index (κ2) is 7.59. The van der Waals surface area contributed by atoms with Crippen molar-refractivity contribution in [1.29, 1.82) is 0 Å². The van der Waals surface area contributed by atoms with E-state index in [4.69, 9.17) is 0 Å². The molecule has 1 aliphatic rings. The SMILES string of the molecule is O=C1c2ccccc2-c2nn(C(=O)C=Cc3ccc(SC(F)F)cc3)c3cccc1c23. The van der Waals surface area contributed by atoms with Gasteiger partial charge in [-0.3, -0.25) is 9.59 Å². The summed E-state index contributed by atoms with van der Waals surface area (Å²) in [5.74, 6) is -2.93. The number of ketones is 1. The summed E-state index contributed by atoms with van der Waals surface area (Å²) in [6, 6.07) is 19.0. The lowest BCUT2D eigenvalue weighted by atomic mass is 9.87. The summed E-state index contributed by atoms with van der Waals surface area (Å²) in [6.07, 6.45) is 2.98. The number of aromatic nitrogens is 2. The molecule has 0 aliphatic heterocycles. The van der Waals surface area contributed by atoms with Crippen LogP contribution >= 0.6 is 11.8 Å². The van der Waals surface area contributed by atoms with Crippen molar-refractivity contribution in [3.8, 4) is 11.3 Å². The van der Waals surface area contributed by atoms with Crippen molar-refractivity contribution in [2.75, 3.05) is 0 Å². The van der Waals surface area contributed by atoms with Crippen LogP contribution in [-0.4, -0.2) is 27.2 Å². The number of alkyl halides is 2. The van der Waals surface area contributed by atoms with Gasteiger partial charge < -0.3 is 0 Å². The monoisotopic (exact) mass is 432 g/mol. The van der Waals surface area contributed by atoms with Gasteiger partial charge in [0.15, 0.2) is 5.78 Å². The van der Waals surface area contributed by atoms with Crippen LogP contribution in [0.25, 0.3) is 28.2 Å². The molecule has 5 rings (SSSR count). The average Bonchev–Trinajstić information content (AvgIpc) is 3.17. The second-order valence-corrected chi connectivity index (χ2v) is 8.02. The molecule has 0 atom stereocenters. The number of hydrogen-bond acceptors (Lipinski definition) is 4. The molecule has 0 spiro atoms. The molecule has 152 valence electrons. The number of allylic oxidation sites excluding steroid dienone is 1. The normalized spacial score (nSPS) is 12.7. The van der Waals surface area contributed by atoms with Crippen LogP contribution in [0.5, 0.6) is 0 Å². The molecular weight excluding hydrogens is 418 g/mol. The summed E-state index contributed by atoms with van der Waals surface area (Å²) >= 11 is 0.471. The largest absolute Gasteiger partial charge is 0.289 e. The fraction of sp³-hybridized carbons (Fsp3) is 0.0417. The van der Waals surface area contributed by atoms with E-state index in [0.717, 1.165) is 0 Å². The number of carbonyl (C=O) groups excluding carboxylic acids is 2. The number of thioether (sulfide) groups is 1. The molecule has 1 heterocycles. The van der Waals surface area contributed by atoms with E-state index < -0.39 is 5.76 Å². The quantitative estimate of drug-likeness (QED) is 0.261. The number of carbonyl (C=O) groups is 2. The Morgan fingerprint density at radius 1 is 0.935 bits per heavy atom. The molecular formula is C24H14F2N2O2S. The Kier molecular flexibility index (Phi) is 4.75. The predicted molar refractivity (Wildman–Crippen MR) is 117 cm³/mol. The van der Waals surface area contributed by atoms with Crippen LogP contribution in [0.1, 0.15) is 26.3 Å². The molecule has 0 N–H and O–H groups in total. The molecule has 1 aromatic heterocycles. The van der Waals surface area contributed by atoms with Crippen LogP contribution in [0.15, 0.2) is 77.7 Å². The van der Waals surface area contributed by atoms with Crippen LogP contribution in [0.3, 0.4) is 0 Å². The molecule has 1 aliphatic carbocycles. The first-order valence-electron chi connectivity index (χ1n) is 9.46. The van der Waals surface area contributed by atoms with Gasteiger partial charge in [-0.25, -0.2) is 0 Å². The number of nitrogens with zero attached hydrogens (tertiary/aromatic N) is 2. The van der Waals surface area contributed by atoms with Gasteiger partial charge >= 0.3 is 0 Å². The maximum atomic E-state index is 12.9. The molecule has 3 aromatic carbocycles. The van der Waals surface area contributed by atoms with Crippen molar-refractivity contribution in [2.24, 2.45) is 0 Å². The Balaban J connectivity index is 1.52. The van der Waals surface area contributed by atoms with Crippen LogP contribution in [0, 0.1) is 0 Å². The van der Waals surface area contributed by atoms with Gasteiger partial charge in [0.1, 0.15) is 5.69 Å². The van der Waals surface area contributed by atoms with E-state index in [-0.39, 0.29) is 11.7 Å². The number of fused-ring (bicyclic) bond motifs is 2. The van der Waals surface area contributed by atoms with Crippen LogP contribution < -0.4 is 0 Å². The van der Waals surface area contributed by atoms with Crippen molar-refractivity contribution in [3.05, 3.63) is 89.5 Å². The van der Waals surface area contributed by atoms with Gasteiger partial charge in [-0.15, -0.1) is 0 Å². The van der Waals surface area contributed by atoms with E-state index in [0.29, 0.717) is 55.5 Å². The minimum Gasteiger partial charge on any atom is -0.289 e. The number of benzene rings is 3. The third-order valence-electron chi connectivity index (χ3n) is 5.11. The topological polar surface area (TPSA) is 52.0 Å². The first-order valence-corrected chi connectivity index (χ1v) is 10.3. The highest BCUT2D eigenvalue weighted by atomic mass is 32.2. The first-order chi connectivity index (χ1) is 15.0. The van der Waals surface area contributed by atoms with Crippen LogP contribution in [0.2, 0.25) is 0 Å². The molecule has 0 saturated carbocycles. The minimum absolute atomic E-state index is 0.0852. The van der Waals surface area contributed by atoms with Crippen LogP contribution in [-0.2, 0) is 0 Å². The summed E-state index contributed by atoms with van der Waals surface area (Å²) in [7, 11) is 0. The van der Waals surface area contributed by atoms with Gasteiger partial charge in [0, 0.05) is 33.0 Å². The Morgan fingerprint density at radius 2 is 1.65 bits per heavy atom. The lowest BCUT2D eigenvalue weighted by Crippen LogP contribution is -2.09. The maximum Gasteiger partial charge on any atom is 0.288 e. The highest BCUT2D eigenvalue weighted by Gasteiger charge is 2.29. The first kappa shape index (κ1) is 19.4. The van der Waals surface area contributed by atoms with E-state index in [2.05, 4.69) is 5.10 Å². The second-order valence-electron chi connectivity index (χ2n) is 6.95. The van der Waals surface area contributed by atoms with Crippen molar-refractivity contribution < 1.29 is 18.4 Å². The Bertz CT molecular complexity index is 1370. The molecule has 31 heavy (non-hydrogen) atoms. The van der Waals surface area contributed by atoms with E-state index in [1.165, 1.54) is 10.8 Å². The Hall–Kier alpha value is -3.58. The van der Waals surface area contributed by atoms with Crippen molar-refractivity contribution in [2.45, 2.75) is 10.7 Å². The van der Waals surface area contributed by atoms with Crippen molar-refractivity contribution in [3.63, 3.8) is 0 Å². The molecule has 0 saturated heterocycles. The van der Waals surface area contributed by atoms with Gasteiger partial charge in [0.05, 0.1) is 5.52 Å². The zero-order chi connectivity index (χ0) is 21.5. The van der Waals surface area contributed by atoms with Gasteiger partial charge in [-0.2, -0.15) is 18.6 Å². The summed E-state index contributed by atoms with van der Waals surface area (Å²) in [5.41, 5.74) is 3.68. The molecule has 0 radical (unpaired) electrons. The smallest absolute Gasteiger partial charge is 0.288 e. The van der Waals surface area contributed by atoms with Gasteiger partial charge in [-0.05, 0) is 29.8 Å². The highest BCUT2D eigenvalue weighted by Crippen LogP contribution is 2.38. The van der Waals surface area contributed by atoms with E-state index in [1.54, 1.807) is 60.7 Å². The lowest BCUT2D eigenvalue weighted by molar-refractivity contribution is 0.0960. The average molecular weight is 432 g/mol. The molecule has 7 heteroatoms. The predicted octanol–water partition coefficient (Wildman–Crippen LogP) is 5.92. The van der Waals surface area contributed by atoms with E-state index in [1.807, 2.05) is 12.1 Å². The summed E-state index contributed by atoms with van der Waals surface area (Å²) in [4.78, 5) is 26.3. The molecule has 4 nitrogen and oxygen atoms in total. The molecule has 0 fully saturated rings. The molecule has 4 aromatic rings. The van der Waals surface area contributed by atoms with E-state index >= 15 is 0 Å². The van der Waals surface area contributed by atoms with E-state index in [9.17, 15) is 18.4 Å². The Labute approximate surface area is 180 Å². The summed E-state index contributed by atoms with van der Waals surface area (Å²) in [5, 5.41) is 5.20. The van der Waals surface area contributed by atoms with Gasteiger partial charge in [0.25, 0.3) is 11.7 Å². The van der Waals surface area contributed by atoms with Crippen molar-refractivity contribution in [1.82, 2.24) is 9.78 Å². The van der Waals surface area contributed by atoms with Crippen LogP contribution in [0.4, 0.5) is 8.78 Å². The van der Waals surface area contributed by atoms with Gasteiger partial charge in [-0.1, -0.05) is 60.3 Å². The maximum absolute atomic E-state index is 12.9. The zero-order valence-electron chi connectivity index (χ0n) is 16.0. The Morgan fingerprint density at radius 3 is 2.39 bits per heavy atom. The highest BCUT2D eigenvalue weighted by molar-refractivity contribution is 7.99. The molecule has 0 unspecified atom stereocenters. The third kappa shape index (κ3) is 3.37. The molecule has 0 bridgehead atoms. The number of rotatable bonds is 4. The summed E-state index contributed by atoms with van der Waals surface area (Å²) < 4.78 is 26.2. The summed E-state index contributed by atoms with van der Waals surface area (Å²) in [6.45, 7) is 0. The third-order valence-corrected chi connectivity index (χ3v) is 5.83. The fourth-order valence-electron chi connectivity index (χ4n) is 3.75. The minimum atomic E-state index is -2.48. The molecule has 0 amide bonds. The fourth-order valence-corrected chi connectivity index (χ4v) is 4.25. The lowest BCUT2D eigenvalue weighted by Gasteiger charge is -2.13. The number of halogens is 2. The zero-order valence-corrected chi connectivity index (χ0v) is 16.8.